The first kappa shape index (κ1) is 26.2. The van der Waals surface area contributed by atoms with Gasteiger partial charge in [0, 0.05) is 17.1 Å². The number of carbonyl (C=O) groups is 2. The van der Waals surface area contributed by atoms with E-state index in [1.807, 2.05) is 37.3 Å². The van der Waals surface area contributed by atoms with Crippen LogP contribution in [0.4, 0.5) is 5.69 Å². The Morgan fingerprint density at radius 3 is 2.35 bits per heavy atom. The number of anilines is 1. The second-order valence-corrected chi connectivity index (χ2v) is 11.7. The van der Waals surface area contributed by atoms with Gasteiger partial charge in [-0.15, -0.1) is 0 Å². The largest absolute Gasteiger partial charge is 0.352 e. The zero-order chi connectivity index (χ0) is 24.9. The van der Waals surface area contributed by atoms with Crippen LogP contribution in [0.1, 0.15) is 43.7 Å². The summed E-state index contributed by atoms with van der Waals surface area (Å²) in [6, 6.07) is 13.9. The van der Waals surface area contributed by atoms with Crippen molar-refractivity contribution in [2.75, 3.05) is 17.1 Å². The molecule has 0 spiro atoms. The van der Waals surface area contributed by atoms with Gasteiger partial charge in [0.2, 0.25) is 21.8 Å². The molecular formula is C25H32BrN3O4S. The first-order valence-corrected chi connectivity index (χ1v) is 14.1. The molecule has 1 aliphatic rings. The smallest absolute Gasteiger partial charge is 0.244 e. The summed E-state index contributed by atoms with van der Waals surface area (Å²) in [5.41, 5.74) is 2.15. The van der Waals surface area contributed by atoms with Crippen molar-refractivity contribution in [2.45, 2.75) is 58.2 Å². The quantitative estimate of drug-likeness (QED) is 0.512. The predicted molar refractivity (Wildman–Crippen MR) is 138 cm³/mol. The monoisotopic (exact) mass is 549 g/mol. The Bertz CT molecular complexity index is 1120. The van der Waals surface area contributed by atoms with Crippen molar-refractivity contribution < 1.29 is 18.0 Å². The Labute approximate surface area is 210 Å². The van der Waals surface area contributed by atoms with E-state index in [4.69, 9.17) is 0 Å². The molecule has 34 heavy (non-hydrogen) atoms. The molecule has 0 radical (unpaired) electrons. The lowest BCUT2D eigenvalue weighted by molar-refractivity contribution is -0.139. The molecule has 0 aromatic heterocycles. The van der Waals surface area contributed by atoms with Crippen LogP contribution in [0, 0.1) is 6.92 Å². The van der Waals surface area contributed by atoms with Gasteiger partial charge in [0.25, 0.3) is 0 Å². The van der Waals surface area contributed by atoms with Crippen LogP contribution in [0.3, 0.4) is 0 Å². The maximum Gasteiger partial charge on any atom is 0.244 e. The standard InChI is InChI=1S/C25H32BrN3O4S/c1-18-7-6-10-23(15-18)29(34(3,32)33)17-24(30)28(16-20-11-13-21(26)14-12-20)19(2)25(31)27-22-8-4-5-9-22/h6-7,10-15,19,22H,4-5,8-9,16-17H2,1-3H3,(H,27,31)/t19-/m1/s1. The normalized spacial score (nSPS) is 15.1. The van der Waals surface area contributed by atoms with Crippen LogP contribution in [0.25, 0.3) is 0 Å². The van der Waals surface area contributed by atoms with Crippen LogP contribution < -0.4 is 9.62 Å². The lowest BCUT2D eigenvalue weighted by Gasteiger charge is -2.32. The third kappa shape index (κ3) is 7.06. The van der Waals surface area contributed by atoms with E-state index in [1.165, 1.54) is 4.90 Å². The van der Waals surface area contributed by atoms with Gasteiger partial charge in [-0.2, -0.15) is 0 Å². The van der Waals surface area contributed by atoms with E-state index in [1.54, 1.807) is 25.1 Å². The molecule has 0 heterocycles. The van der Waals surface area contributed by atoms with E-state index in [2.05, 4.69) is 21.2 Å². The first-order valence-electron chi connectivity index (χ1n) is 11.4. The fourth-order valence-electron chi connectivity index (χ4n) is 4.16. The summed E-state index contributed by atoms with van der Waals surface area (Å²) in [4.78, 5) is 28.0. The van der Waals surface area contributed by atoms with Gasteiger partial charge in [-0.3, -0.25) is 13.9 Å². The van der Waals surface area contributed by atoms with Crippen LogP contribution in [-0.4, -0.2) is 50.0 Å². The second kappa shape index (κ2) is 11.4. The van der Waals surface area contributed by atoms with Crippen molar-refractivity contribution in [1.82, 2.24) is 10.2 Å². The number of benzene rings is 2. The predicted octanol–water partition coefficient (Wildman–Crippen LogP) is 4.00. The summed E-state index contributed by atoms with van der Waals surface area (Å²) in [5.74, 6) is -0.664. The number of sulfonamides is 1. The number of amides is 2. The maximum absolute atomic E-state index is 13.5. The van der Waals surface area contributed by atoms with Crippen molar-refractivity contribution >= 4 is 43.5 Å². The van der Waals surface area contributed by atoms with Crippen LogP contribution in [-0.2, 0) is 26.2 Å². The van der Waals surface area contributed by atoms with Gasteiger partial charge >= 0.3 is 0 Å². The molecule has 1 saturated carbocycles. The van der Waals surface area contributed by atoms with E-state index >= 15 is 0 Å². The van der Waals surface area contributed by atoms with Crippen LogP contribution >= 0.6 is 15.9 Å². The number of rotatable bonds is 9. The molecular weight excluding hydrogens is 518 g/mol. The van der Waals surface area contributed by atoms with E-state index in [-0.39, 0.29) is 25.0 Å². The molecule has 2 aromatic rings. The number of hydrogen-bond acceptors (Lipinski definition) is 4. The Morgan fingerprint density at radius 2 is 1.76 bits per heavy atom. The van der Waals surface area contributed by atoms with Gasteiger partial charge < -0.3 is 10.2 Å². The molecule has 3 rings (SSSR count). The minimum absolute atomic E-state index is 0.124. The molecule has 0 bridgehead atoms. The summed E-state index contributed by atoms with van der Waals surface area (Å²) >= 11 is 3.41. The minimum Gasteiger partial charge on any atom is -0.352 e. The Hall–Kier alpha value is -2.39. The Balaban J connectivity index is 1.87. The van der Waals surface area contributed by atoms with Gasteiger partial charge in [-0.25, -0.2) is 8.42 Å². The summed E-state index contributed by atoms with van der Waals surface area (Å²) in [5, 5.41) is 3.06. The van der Waals surface area contributed by atoms with Crippen LogP contribution in [0.15, 0.2) is 53.0 Å². The summed E-state index contributed by atoms with van der Waals surface area (Å²) in [6.45, 7) is 3.36. The number of nitrogens with zero attached hydrogens (tertiary/aromatic N) is 2. The molecule has 7 nitrogen and oxygen atoms in total. The van der Waals surface area contributed by atoms with E-state index in [9.17, 15) is 18.0 Å². The molecule has 0 unspecified atom stereocenters. The number of aryl methyl sites for hydroxylation is 1. The van der Waals surface area contributed by atoms with Crippen molar-refractivity contribution in [2.24, 2.45) is 0 Å². The zero-order valence-corrected chi connectivity index (χ0v) is 22.2. The molecule has 184 valence electrons. The molecule has 1 N–H and O–H groups in total. The molecule has 2 amide bonds. The van der Waals surface area contributed by atoms with Crippen LogP contribution in [0.5, 0.6) is 0 Å². The third-order valence-electron chi connectivity index (χ3n) is 6.10. The van der Waals surface area contributed by atoms with Gasteiger partial charge in [0.05, 0.1) is 11.9 Å². The van der Waals surface area contributed by atoms with Crippen molar-refractivity contribution in [3.63, 3.8) is 0 Å². The minimum atomic E-state index is -3.73. The number of nitrogens with one attached hydrogen (secondary N) is 1. The van der Waals surface area contributed by atoms with Crippen molar-refractivity contribution in [3.05, 3.63) is 64.1 Å². The van der Waals surface area contributed by atoms with Gasteiger partial charge in [-0.05, 0) is 62.1 Å². The molecule has 1 aliphatic carbocycles. The average Bonchev–Trinajstić information content (AvgIpc) is 3.28. The van der Waals surface area contributed by atoms with Crippen molar-refractivity contribution in [1.29, 1.82) is 0 Å². The molecule has 1 fully saturated rings. The molecule has 0 saturated heterocycles. The van der Waals surface area contributed by atoms with Gasteiger partial charge in [0.15, 0.2) is 0 Å². The van der Waals surface area contributed by atoms with E-state index in [0.29, 0.717) is 5.69 Å². The van der Waals surface area contributed by atoms with Gasteiger partial charge in [0.1, 0.15) is 12.6 Å². The highest BCUT2D eigenvalue weighted by Gasteiger charge is 2.31. The molecule has 0 aliphatic heterocycles. The van der Waals surface area contributed by atoms with Crippen LogP contribution in [0.2, 0.25) is 0 Å². The molecule has 2 aromatic carbocycles. The number of hydrogen-bond donors (Lipinski definition) is 1. The second-order valence-electron chi connectivity index (χ2n) is 8.92. The van der Waals surface area contributed by atoms with E-state index < -0.39 is 22.0 Å². The highest BCUT2D eigenvalue weighted by Crippen LogP contribution is 2.22. The fraction of sp³-hybridized carbons (Fsp3) is 0.440. The molecule has 9 heteroatoms. The Kier molecular flexibility index (Phi) is 8.76. The van der Waals surface area contributed by atoms with E-state index in [0.717, 1.165) is 51.8 Å². The lowest BCUT2D eigenvalue weighted by atomic mass is 10.1. The highest BCUT2D eigenvalue weighted by molar-refractivity contribution is 9.10. The average molecular weight is 551 g/mol. The number of halogens is 1. The Morgan fingerprint density at radius 1 is 1.12 bits per heavy atom. The van der Waals surface area contributed by atoms with Crippen molar-refractivity contribution in [3.8, 4) is 0 Å². The number of carbonyl (C=O) groups excluding carboxylic acids is 2. The summed E-state index contributed by atoms with van der Waals surface area (Å²) in [6.07, 6.45) is 5.13. The third-order valence-corrected chi connectivity index (χ3v) is 7.77. The highest BCUT2D eigenvalue weighted by atomic mass is 79.9. The lowest BCUT2D eigenvalue weighted by Crippen LogP contribution is -2.52. The summed E-state index contributed by atoms with van der Waals surface area (Å²) in [7, 11) is -3.73. The fourth-order valence-corrected chi connectivity index (χ4v) is 5.26. The first-order chi connectivity index (χ1) is 16.0. The van der Waals surface area contributed by atoms with Gasteiger partial charge in [-0.1, -0.05) is 53.0 Å². The zero-order valence-electron chi connectivity index (χ0n) is 19.8. The molecule has 1 atom stereocenters. The SMILES string of the molecule is Cc1cccc(N(CC(=O)N(Cc2ccc(Br)cc2)[C@H](C)C(=O)NC2CCCC2)S(C)(=O)=O)c1. The maximum atomic E-state index is 13.5. The topological polar surface area (TPSA) is 86.8 Å². The summed E-state index contributed by atoms with van der Waals surface area (Å²) < 4.78 is 27.2.